The smallest absolute Gasteiger partial charge is 0.243 e. The highest BCUT2D eigenvalue weighted by molar-refractivity contribution is 7.89. The summed E-state index contributed by atoms with van der Waals surface area (Å²) in [5.41, 5.74) is 2.31. The van der Waals surface area contributed by atoms with Crippen LogP contribution < -0.4 is 4.74 Å². The number of ether oxygens (including phenoxy) is 1. The normalized spacial score (nSPS) is 28.3. The summed E-state index contributed by atoms with van der Waals surface area (Å²) >= 11 is 0. The Hall–Kier alpha value is -1.11. The van der Waals surface area contributed by atoms with Gasteiger partial charge in [0.15, 0.2) is 0 Å². The van der Waals surface area contributed by atoms with Crippen molar-refractivity contribution in [3.8, 4) is 5.75 Å². The lowest BCUT2D eigenvalue weighted by Crippen LogP contribution is -2.39. The highest BCUT2D eigenvalue weighted by atomic mass is 32.2. The monoisotopic (exact) mass is 325 g/mol. The molecule has 0 aromatic heterocycles. The van der Waals surface area contributed by atoms with Crippen molar-refractivity contribution in [2.24, 2.45) is 11.8 Å². The number of fused-ring (bicyclic) bond motifs is 1. The SMILES string of the molecule is COc1cc(C)c(S(=O)(=O)N2C[C@H]3C[C@@H](O)[C@H]3C2)c(C)c1C. The molecule has 6 heteroatoms. The van der Waals surface area contributed by atoms with Crippen molar-refractivity contribution in [1.29, 1.82) is 0 Å². The molecule has 1 aromatic carbocycles. The third kappa shape index (κ3) is 2.16. The highest BCUT2D eigenvalue weighted by Crippen LogP contribution is 2.43. The van der Waals surface area contributed by atoms with Crippen molar-refractivity contribution in [3.05, 3.63) is 22.8 Å². The van der Waals surface area contributed by atoms with Crippen LogP contribution in [0.2, 0.25) is 0 Å². The number of aryl methyl sites for hydroxylation is 1. The maximum absolute atomic E-state index is 13.1. The number of rotatable bonds is 3. The number of sulfonamides is 1. The van der Waals surface area contributed by atoms with E-state index in [1.54, 1.807) is 24.4 Å². The summed E-state index contributed by atoms with van der Waals surface area (Å²) in [5.74, 6) is 1.13. The zero-order valence-electron chi connectivity index (χ0n) is 13.5. The Kier molecular flexibility index (Phi) is 3.74. The van der Waals surface area contributed by atoms with E-state index in [0.717, 1.165) is 17.5 Å². The maximum Gasteiger partial charge on any atom is 0.243 e. The van der Waals surface area contributed by atoms with Gasteiger partial charge < -0.3 is 9.84 Å². The fourth-order valence-electron chi connectivity index (χ4n) is 3.79. The van der Waals surface area contributed by atoms with Gasteiger partial charge in [0.1, 0.15) is 5.75 Å². The Morgan fingerprint density at radius 2 is 1.91 bits per heavy atom. The first-order valence-corrected chi connectivity index (χ1v) is 9.04. The molecule has 0 spiro atoms. The third-order valence-electron chi connectivity index (χ3n) is 5.29. The van der Waals surface area contributed by atoms with Crippen LogP contribution in [-0.2, 0) is 10.0 Å². The molecule has 2 aliphatic rings. The Morgan fingerprint density at radius 1 is 1.23 bits per heavy atom. The summed E-state index contributed by atoms with van der Waals surface area (Å²) in [7, 11) is -1.94. The summed E-state index contributed by atoms with van der Waals surface area (Å²) < 4.78 is 33.0. The maximum atomic E-state index is 13.1. The number of aliphatic hydroxyl groups is 1. The molecule has 0 amide bonds. The van der Waals surface area contributed by atoms with Gasteiger partial charge in [-0.3, -0.25) is 0 Å². The van der Waals surface area contributed by atoms with E-state index in [2.05, 4.69) is 0 Å². The lowest BCUT2D eigenvalue weighted by Gasteiger charge is -2.34. The molecule has 0 bridgehead atoms. The van der Waals surface area contributed by atoms with Gasteiger partial charge in [0.25, 0.3) is 0 Å². The van der Waals surface area contributed by atoms with Crippen LogP contribution in [0.15, 0.2) is 11.0 Å². The van der Waals surface area contributed by atoms with Crippen LogP contribution in [0.5, 0.6) is 5.75 Å². The van der Waals surface area contributed by atoms with Crippen molar-refractivity contribution in [3.63, 3.8) is 0 Å². The molecule has 1 aliphatic carbocycles. The van der Waals surface area contributed by atoms with E-state index < -0.39 is 10.0 Å². The molecule has 22 heavy (non-hydrogen) atoms. The summed E-state index contributed by atoms with van der Waals surface area (Å²) in [4.78, 5) is 0.390. The van der Waals surface area contributed by atoms with Crippen LogP contribution in [0.25, 0.3) is 0 Å². The zero-order chi connectivity index (χ0) is 16.2. The average Bonchev–Trinajstić information content (AvgIpc) is 2.80. The number of hydrogen-bond acceptors (Lipinski definition) is 4. The summed E-state index contributed by atoms with van der Waals surface area (Å²) in [6.07, 6.45) is 0.376. The Labute approximate surface area is 131 Å². The van der Waals surface area contributed by atoms with Crippen molar-refractivity contribution in [2.75, 3.05) is 20.2 Å². The Bertz CT molecular complexity index is 713. The summed E-state index contributed by atoms with van der Waals surface area (Å²) in [6.45, 7) is 6.47. The first-order valence-electron chi connectivity index (χ1n) is 7.60. The van der Waals surface area contributed by atoms with Crippen LogP contribution in [0.4, 0.5) is 0 Å². The minimum atomic E-state index is -3.53. The van der Waals surface area contributed by atoms with Crippen molar-refractivity contribution in [1.82, 2.24) is 4.31 Å². The average molecular weight is 325 g/mol. The minimum absolute atomic E-state index is 0.106. The van der Waals surface area contributed by atoms with E-state index in [1.165, 1.54) is 0 Å². The van der Waals surface area contributed by atoms with Crippen LogP contribution in [0.3, 0.4) is 0 Å². The molecule has 5 nitrogen and oxygen atoms in total. The van der Waals surface area contributed by atoms with Gasteiger partial charge in [-0.1, -0.05) is 0 Å². The van der Waals surface area contributed by atoms with Crippen molar-refractivity contribution in [2.45, 2.75) is 38.2 Å². The van der Waals surface area contributed by atoms with Crippen LogP contribution in [0, 0.1) is 32.6 Å². The number of benzene rings is 1. The number of hydrogen-bond donors (Lipinski definition) is 1. The van der Waals surface area contributed by atoms with Crippen LogP contribution >= 0.6 is 0 Å². The largest absolute Gasteiger partial charge is 0.496 e. The van der Waals surface area contributed by atoms with Crippen molar-refractivity contribution >= 4 is 10.0 Å². The number of aliphatic hydroxyl groups excluding tert-OH is 1. The molecular formula is C16H23NO4S. The fourth-order valence-corrected chi connectivity index (χ4v) is 5.81. The first kappa shape index (κ1) is 15.8. The molecule has 1 heterocycles. The quantitative estimate of drug-likeness (QED) is 0.917. The molecular weight excluding hydrogens is 302 g/mol. The fraction of sp³-hybridized carbons (Fsp3) is 0.625. The minimum Gasteiger partial charge on any atom is -0.496 e. The number of methoxy groups -OCH3 is 1. The highest BCUT2D eigenvalue weighted by Gasteiger charge is 2.49. The van der Waals surface area contributed by atoms with Gasteiger partial charge in [-0.2, -0.15) is 4.31 Å². The summed E-state index contributed by atoms with van der Waals surface area (Å²) in [6, 6.07) is 1.79. The summed E-state index contributed by atoms with van der Waals surface area (Å²) in [5, 5.41) is 9.76. The van der Waals surface area contributed by atoms with Gasteiger partial charge in [0, 0.05) is 19.0 Å². The molecule has 3 atom stereocenters. The molecule has 3 rings (SSSR count). The van der Waals surface area contributed by atoms with Gasteiger partial charge >= 0.3 is 0 Å². The molecule has 1 aliphatic heterocycles. The second-order valence-electron chi connectivity index (χ2n) is 6.52. The third-order valence-corrected chi connectivity index (χ3v) is 7.41. The Morgan fingerprint density at radius 3 is 2.45 bits per heavy atom. The predicted octanol–water partition coefficient (Wildman–Crippen LogP) is 1.62. The number of nitrogens with zero attached hydrogens (tertiary/aromatic N) is 1. The molecule has 1 aromatic rings. The first-order chi connectivity index (χ1) is 10.3. The molecule has 1 saturated carbocycles. The van der Waals surface area contributed by atoms with Crippen molar-refractivity contribution < 1.29 is 18.3 Å². The second-order valence-corrected chi connectivity index (χ2v) is 8.40. The van der Waals surface area contributed by atoms with Gasteiger partial charge in [-0.05, 0) is 55.9 Å². The zero-order valence-corrected chi connectivity index (χ0v) is 14.3. The van der Waals surface area contributed by atoms with Crippen LogP contribution in [-0.4, -0.2) is 44.1 Å². The molecule has 1 N–H and O–H groups in total. The van der Waals surface area contributed by atoms with E-state index in [-0.39, 0.29) is 12.0 Å². The van der Waals surface area contributed by atoms with E-state index in [0.29, 0.717) is 35.2 Å². The molecule has 122 valence electrons. The standard InChI is InChI=1S/C16H23NO4S/c1-9-5-15(21-4)10(2)11(3)16(9)22(19,20)17-7-12-6-14(18)13(12)8-17/h5,12-14,18H,6-8H2,1-4H3/t12-,13+,14-/m1/s1. The van der Waals surface area contributed by atoms with Gasteiger partial charge in [0.05, 0.1) is 18.1 Å². The molecule has 1 saturated heterocycles. The lowest BCUT2D eigenvalue weighted by molar-refractivity contribution is -0.00416. The lowest BCUT2D eigenvalue weighted by atomic mass is 9.74. The molecule has 2 fully saturated rings. The predicted molar refractivity (Wildman–Crippen MR) is 83.6 cm³/mol. The van der Waals surface area contributed by atoms with Gasteiger partial charge in [0.2, 0.25) is 10.0 Å². The van der Waals surface area contributed by atoms with E-state index in [4.69, 9.17) is 4.74 Å². The van der Waals surface area contributed by atoms with Crippen LogP contribution in [0.1, 0.15) is 23.1 Å². The van der Waals surface area contributed by atoms with E-state index in [1.807, 2.05) is 13.8 Å². The molecule has 0 radical (unpaired) electrons. The van der Waals surface area contributed by atoms with Gasteiger partial charge in [-0.15, -0.1) is 0 Å². The van der Waals surface area contributed by atoms with E-state index in [9.17, 15) is 13.5 Å². The topological polar surface area (TPSA) is 66.8 Å². The second kappa shape index (κ2) is 5.22. The van der Waals surface area contributed by atoms with Gasteiger partial charge in [-0.25, -0.2) is 8.42 Å². The Balaban J connectivity index is 2.02. The van der Waals surface area contributed by atoms with E-state index >= 15 is 0 Å². The molecule has 0 unspecified atom stereocenters.